The fourth-order valence-corrected chi connectivity index (χ4v) is 1.83. The quantitative estimate of drug-likeness (QED) is 0.441. The van der Waals surface area contributed by atoms with Crippen molar-refractivity contribution >= 4 is 0 Å². The molecule has 0 aliphatic carbocycles. The van der Waals surface area contributed by atoms with Gasteiger partial charge in [-0.05, 0) is 38.5 Å². The van der Waals surface area contributed by atoms with Crippen LogP contribution < -0.4 is 0 Å². The molecule has 128 valence electrons. The van der Waals surface area contributed by atoms with Gasteiger partial charge in [0.25, 0.3) is 0 Å². The highest BCUT2D eigenvalue weighted by atomic mass is 16.6. The second kappa shape index (κ2) is 8.69. The Kier molecular flexibility index (Phi) is 8.35. The summed E-state index contributed by atoms with van der Waals surface area (Å²) in [5.74, 6) is 0.324. The Bertz CT molecular complexity index is 411. The van der Waals surface area contributed by atoms with Crippen LogP contribution in [0.1, 0.15) is 68.2 Å². The van der Waals surface area contributed by atoms with E-state index in [0.717, 1.165) is 24.0 Å². The van der Waals surface area contributed by atoms with Crippen LogP contribution in [0.25, 0.3) is 0 Å². The smallest absolute Gasteiger partial charge is 0.181 e. The molecule has 22 heavy (non-hydrogen) atoms. The maximum absolute atomic E-state index is 10.3. The lowest BCUT2D eigenvalue weighted by Gasteiger charge is -2.32. The minimum absolute atomic E-state index is 0.256. The van der Waals surface area contributed by atoms with Gasteiger partial charge < -0.3 is 9.84 Å². The molecule has 0 amide bonds. The fourth-order valence-electron chi connectivity index (χ4n) is 1.83. The van der Waals surface area contributed by atoms with Gasteiger partial charge in [0.1, 0.15) is 0 Å². The standard InChI is InChI=1S/C20H36O2/c1-10-17(18(21)22-20(8,9)15(3)4)13-12-16(5)14-19(6,7)11-2/h10,12-13,15,18,21H,5,11,14H2,1-4,6-9H3/b13-12-,17-10+/t18-/m1/s1. The lowest BCUT2D eigenvalue weighted by atomic mass is 9.83. The molecule has 0 unspecified atom stereocenters. The van der Waals surface area contributed by atoms with Crippen LogP contribution in [0.3, 0.4) is 0 Å². The minimum Gasteiger partial charge on any atom is -0.364 e. The van der Waals surface area contributed by atoms with Crippen molar-refractivity contribution < 1.29 is 9.84 Å². The molecule has 1 atom stereocenters. The van der Waals surface area contributed by atoms with Gasteiger partial charge in [-0.25, -0.2) is 0 Å². The first kappa shape index (κ1) is 21.1. The first-order valence-corrected chi connectivity index (χ1v) is 8.33. The van der Waals surface area contributed by atoms with E-state index in [2.05, 4.69) is 41.2 Å². The van der Waals surface area contributed by atoms with Crippen molar-refractivity contribution in [2.24, 2.45) is 11.3 Å². The Morgan fingerprint density at radius 1 is 1.18 bits per heavy atom. The number of ether oxygens (including phenoxy) is 1. The van der Waals surface area contributed by atoms with Crippen molar-refractivity contribution in [3.05, 3.63) is 36.0 Å². The molecule has 0 spiro atoms. The van der Waals surface area contributed by atoms with Gasteiger partial charge in [-0.1, -0.05) is 71.4 Å². The molecule has 0 rings (SSSR count). The zero-order valence-corrected chi connectivity index (χ0v) is 15.9. The SMILES string of the molecule is C=C(/C=C\C(=C/C)[C@H](O)OC(C)(C)C(C)C)CC(C)(C)CC. The van der Waals surface area contributed by atoms with Gasteiger partial charge in [0.05, 0.1) is 5.60 Å². The predicted molar refractivity (Wildman–Crippen MR) is 96.7 cm³/mol. The van der Waals surface area contributed by atoms with E-state index in [1.807, 2.05) is 39.0 Å². The Hall–Kier alpha value is -0.860. The molecule has 2 nitrogen and oxygen atoms in total. The Morgan fingerprint density at radius 2 is 1.73 bits per heavy atom. The van der Waals surface area contributed by atoms with Crippen LogP contribution in [0.4, 0.5) is 0 Å². The van der Waals surface area contributed by atoms with Crippen molar-refractivity contribution in [3.63, 3.8) is 0 Å². The normalized spacial score (nSPS) is 15.6. The Balaban J connectivity index is 4.80. The molecule has 0 aromatic rings. The van der Waals surface area contributed by atoms with Gasteiger partial charge >= 0.3 is 0 Å². The first-order valence-electron chi connectivity index (χ1n) is 8.33. The zero-order chi connectivity index (χ0) is 17.6. The molecule has 0 saturated heterocycles. The highest BCUT2D eigenvalue weighted by Crippen LogP contribution is 2.29. The maximum Gasteiger partial charge on any atom is 0.181 e. The summed E-state index contributed by atoms with van der Waals surface area (Å²) in [6.45, 7) is 20.9. The number of hydrogen-bond donors (Lipinski definition) is 1. The summed E-state index contributed by atoms with van der Waals surface area (Å²) in [5.41, 5.74) is 1.72. The summed E-state index contributed by atoms with van der Waals surface area (Å²) in [5, 5.41) is 10.3. The molecule has 1 N–H and O–H groups in total. The number of rotatable bonds is 9. The first-order chi connectivity index (χ1) is 9.95. The highest BCUT2D eigenvalue weighted by molar-refractivity contribution is 5.28. The lowest BCUT2D eigenvalue weighted by molar-refractivity contribution is -0.167. The number of hydrogen-bond acceptors (Lipinski definition) is 2. The third-order valence-corrected chi connectivity index (χ3v) is 4.60. The van der Waals surface area contributed by atoms with E-state index >= 15 is 0 Å². The zero-order valence-electron chi connectivity index (χ0n) is 15.9. The second-order valence-corrected chi connectivity index (χ2v) is 7.70. The molecule has 0 aliphatic rings. The average molecular weight is 309 g/mol. The monoisotopic (exact) mass is 308 g/mol. The molecule has 0 aromatic carbocycles. The topological polar surface area (TPSA) is 29.5 Å². The molecule has 0 bridgehead atoms. The average Bonchev–Trinajstić information content (AvgIpc) is 2.38. The molecular formula is C20H36O2. The minimum atomic E-state index is -0.911. The summed E-state index contributed by atoms with van der Waals surface area (Å²) in [4.78, 5) is 0. The molecule has 0 heterocycles. The van der Waals surface area contributed by atoms with Crippen LogP contribution in [0.15, 0.2) is 36.0 Å². The summed E-state index contributed by atoms with van der Waals surface area (Å²) in [7, 11) is 0. The van der Waals surface area contributed by atoms with Crippen molar-refractivity contribution in [1.82, 2.24) is 0 Å². The molecule has 0 radical (unpaired) electrons. The van der Waals surface area contributed by atoms with Gasteiger partial charge in [0.15, 0.2) is 6.29 Å². The van der Waals surface area contributed by atoms with Crippen LogP contribution in [0.2, 0.25) is 0 Å². The summed E-state index contributed by atoms with van der Waals surface area (Å²) < 4.78 is 5.81. The Morgan fingerprint density at radius 3 is 2.14 bits per heavy atom. The van der Waals surface area contributed by atoms with Crippen LogP contribution in [-0.2, 0) is 4.74 Å². The van der Waals surface area contributed by atoms with E-state index in [-0.39, 0.29) is 11.0 Å². The van der Waals surface area contributed by atoms with E-state index < -0.39 is 6.29 Å². The lowest BCUT2D eigenvalue weighted by Crippen LogP contribution is -2.36. The van der Waals surface area contributed by atoms with Crippen molar-refractivity contribution in [1.29, 1.82) is 0 Å². The predicted octanol–water partition coefficient (Wildman–Crippen LogP) is 5.64. The molecule has 0 saturated carbocycles. The van der Waals surface area contributed by atoms with Crippen molar-refractivity contribution in [3.8, 4) is 0 Å². The number of aliphatic hydroxyl groups is 1. The van der Waals surface area contributed by atoms with Crippen molar-refractivity contribution in [2.75, 3.05) is 0 Å². The van der Waals surface area contributed by atoms with Gasteiger partial charge in [-0.15, -0.1) is 0 Å². The van der Waals surface area contributed by atoms with E-state index in [1.165, 1.54) is 0 Å². The number of aliphatic hydroxyl groups excluding tert-OH is 1. The highest BCUT2D eigenvalue weighted by Gasteiger charge is 2.27. The molecule has 0 aromatic heterocycles. The third kappa shape index (κ3) is 7.42. The van der Waals surface area contributed by atoms with Crippen LogP contribution >= 0.6 is 0 Å². The van der Waals surface area contributed by atoms with Gasteiger partial charge in [-0.3, -0.25) is 0 Å². The third-order valence-electron chi connectivity index (χ3n) is 4.60. The maximum atomic E-state index is 10.3. The molecule has 0 fully saturated rings. The van der Waals surface area contributed by atoms with E-state index in [9.17, 15) is 5.11 Å². The van der Waals surface area contributed by atoms with Gasteiger partial charge in [0.2, 0.25) is 0 Å². The molecular weight excluding hydrogens is 272 g/mol. The van der Waals surface area contributed by atoms with Gasteiger partial charge in [0, 0.05) is 5.57 Å². The van der Waals surface area contributed by atoms with Crippen LogP contribution in [-0.4, -0.2) is 17.0 Å². The van der Waals surface area contributed by atoms with Crippen LogP contribution in [0, 0.1) is 11.3 Å². The summed E-state index contributed by atoms with van der Waals surface area (Å²) in [6, 6.07) is 0. The van der Waals surface area contributed by atoms with E-state index in [1.54, 1.807) is 0 Å². The largest absolute Gasteiger partial charge is 0.364 e. The van der Waals surface area contributed by atoms with Gasteiger partial charge in [-0.2, -0.15) is 0 Å². The second-order valence-electron chi connectivity index (χ2n) is 7.70. The number of allylic oxidation sites excluding steroid dienone is 3. The fraction of sp³-hybridized carbons (Fsp3) is 0.700. The summed E-state index contributed by atoms with van der Waals surface area (Å²) >= 11 is 0. The molecule has 0 aliphatic heterocycles. The van der Waals surface area contributed by atoms with E-state index in [4.69, 9.17) is 4.74 Å². The van der Waals surface area contributed by atoms with Crippen LogP contribution in [0.5, 0.6) is 0 Å². The Labute approximate surface area is 138 Å². The van der Waals surface area contributed by atoms with E-state index in [0.29, 0.717) is 5.92 Å². The molecule has 2 heteroatoms. The van der Waals surface area contributed by atoms with Crippen molar-refractivity contribution in [2.45, 2.75) is 80.1 Å². The summed E-state index contributed by atoms with van der Waals surface area (Å²) in [6.07, 6.45) is 6.94.